The molecule has 0 spiro atoms. The van der Waals surface area contributed by atoms with Crippen LogP contribution in [0, 0.1) is 0 Å². The van der Waals surface area contributed by atoms with Gasteiger partial charge < -0.3 is 19.5 Å². The Morgan fingerprint density at radius 3 is 2.40 bits per heavy atom. The van der Waals surface area contributed by atoms with Crippen molar-refractivity contribution in [3.8, 4) is 11.3 Å². The smallest absolute Gasteiger partial charge is 0.274 e. The maximum atomic E-state index is 13.2. The van der Waals surface area contributed by atoms with Gasteiger partial charge in [-0.15, -0.1) is 0 Å². The highest BCUT2D eigenvalue weighted by atomic mass is 16.2. The first-order valence-electron chi connectivity index (χ1n) is 11.3. The fourth-order valence-electron chi connectivity index (χ4n) is 4.26. The second-order valence-corrected chi connectivity index (χ2v) is 8.46. The van der Waals surface area contributed by atoms with Crippen molar-refractivity contribution in [2.75, 3.05) is 31.5 Å². The Morgan fingerprint density at radius 1 is 0.971 bits per heavy atom. The lowest BCUT2D eigenvalue weighted by atomic mass is 10.1. The van der Waals surface area contributed by atoms with Gasteiger partial charge in [-0.3, -0.25) is 19.1 Å². The van der Waals surface area contributed by atoms with Crippen LogP contribution in [-0.2, 0) is 11.8 Å². The van der Waals surface area contributed by atoms with Crippen LogP contribution in [0.15, 0.2) is 61.1 Å². The van der Waals surface area contributed by atoms with E-state index in [4.69, 9.17) is 0 Å². The zero-order valence-electron chi connectivity index (χ0n) is 19.5. The molecule has 3 amide bonds. The monoisotopic (exact) mass is 471 g/mol. The van der Waals surface area contributed by atoms with E-state index in [2.05, 4.69) is 15.4 Å². The number of nitrogens with zero attached hydrogens (tertiary/aromatic N) is 6. The van der Waals surface area contributed by atoms with E-state index < -0.39 is 5.91 Å². The Labute approximate surface area is 201 Å². The number of hydrogen-bond acceptors (Lipinski definition) is 5. The summed E-state index contributed by atoms with van der Waals surface area (Å²) in [4.78, 5) is 45.9. The third kappa shape index (κ3) is 4.37. The first-order valence-corrected chi connectivity index (χ1v) is 11.3. The number of fused-ring (bicyclic) bond motifs is 1. The van der Waals surface area contributed by atoms with E-state index in [0.29, 0.717) is 37.5 Å². The quantitative estimate of drug-likeness (QED) is 0.492. The summed E-state index contributed by atoms with van der Waals surface area (Å²) in [5.41, 5.74) is 3.49. The van der Waals surface area contributed by atoms with Crippen LogP contribution in [-0.4, -0.2) is 72.9 Å². The average molecular weight is 472 g/mol. The maximum Gasteiger partial charge on any atom is 0.274 e. The SMILES string of the molecule is CC(=O)N1CCN(C(=O)c2cnn(C)c2C(=O)Nc2ccn3cc(-c4ccccc4)nc3c2)CC1. The van der Waals surface area contributed by atoms with Crippen molar-refractivity contribution >= 4 is 29.1 Å². The second kappa shape index (κ2) is 9.05. The number of anilines is 1. The molecule has 1 fully saturated rings. The summed E-state index contributed by atoms with van der Waals surface area (Å²) in [6.45, 7) is 3.28. The van der Waals surface area contributed by atoms with E-state index in [1.165, 1.54) is 17.8 Å². The summed E-state index contributed by atoms with van der Waals surface area (Å²) in [6, 6.07) is 13.4. The lowest BCUT2D eigenvalue weighted by Crippen LogP contribution is -2.50. The van der Waals surface area contributed by atoms with Crippen molar-refractivity contribution < 1.29 is 14.4 Å². The molecule has 3 aromatic heterocycles. The number of aromatic nitrogens is 4. The van der Waals surface area contributed by atoms with Crippen molar-refractivity contribution in [1.82, 2.24) is 29.0 Å². The Bertz CT molecular complexity index is 1420. The number of carbonyl (C=O) groups is 3. The third-order valence-corrected chi connectivity index (χ3v) is 6.18. The van der Waals surface area contributed by atoms with E-state index >= 15 is 0 Å². The van der Waals surface area contributed by atoms with Crippen LogP contribution in [0.5, 0.6) is 0 Å². The predicted molar refractivity (Wildman–Crippen MR) is 130 cm³/mol. The van der Waals surface area contributed by atoms with Gasteiger partial charge >= 0.3 is 0 Å². The largest absolute Gasteiger partial charge is 0.339 e. The van der Waals surface area contributed by atoms with E-state index in [-0.39, 0.29) is 23.1 Å². The highest BCUT2D eigenvalue weighted by molar-refractivity contribution is 6.11. The number of rotatable bonds is 4. The van der Waals surface area contributed by atoms with Gasteiger partial charge in [0, 0.05) is 69.9 Å². The van der Waals surface area contributed by atoms with Gasteiger partial charge in [0.2, 0.25) is 5.91 Å². The summed E-state index contributed by atoms with van der Waals surface area (Å²) in [5.74, 6) is -0.721. The molecule has 0 saturated carbocycles. The first-order chi connectivity index (χ1) is 16.9. The van der Waals surface area contributed by atoms with Gasteiger partial charge in [0.1, 0.15) is 11.3 Å². The molecule has 0 aliphatic carbocycles. The molecule has 35 heavy (non-hydrogen) atoms. The molecule has 1 aromatic carbocycles. The van der Waals surface area contributed by atoms with E-state index in [1.807, 2.05) is 47.1 Å². The summed E-state index contributed by atoms with van der Waals surface area (Å²) in [6.07, 6.45) is 5.17. The molecule has 0 bridgehead atoms. The first kappa shape index (κ1) is 22.3. The van der Waals surface area contributed by atoms with Crippen LogP contribution in [0.4, 0.5) is 5.69 Å². The minimum absolute atomic E-state index is 0.0103. The molecule has 0 atom stereocenters. The molecule has 178 valence electrons. The van der Waals surface area contributed by atoms with Crippen LogP contribution in [0.3, 0.4) is 0 Å². The van der Waals surface area contributed by atoms with Crippen molar-refractivity contribution in [1.29, 1.82) is 0 Å². The summed E-state index contributed by atoms with van der Waals surface area (Å²) < 4.78 is 3.29. The van der Waals surface area contributed by atoms with Crippen molar-refractivity contribution in [2.45, 2.75) is 6.92 Å². The topological polar surface area (TPSA) is 105 Å². The Balaban J connectivity index is 1.34. The van der Waals surface area contributed by atoms with E-state index in [9.17, 15) is 14.4 Å². The zero-order chi connectivity index (χ0) is 24.5. The molecule has 10 nitrogen and oxygen atoms in total. The van der Waals surface area contributed by atoms with Crippen LogP contribution in [0.2, 0.25) is 0 Å². The molecule has 1 aliphatic rings. The number of carbonyl (C=O) groups excluding carboxylic acids is 3. The van der Waals surface area contributed by atoms with Crippen LogP contribution in [0.1, 0.15) is 27.8 Å². The fraction of sp³-hybridized carbons (Fsp3) is 0.240. The third-order valence-electron chi connectivity index (χ3n) is 6.18. The van der Waals surface area contributed by atoms with Gasteiger partial charge in [0.25, 0.3) is 11.8 Å². The number of hydrogen-bond donors (Lipinski definition) is 1. The maximum absolute atomic E-state index is 13.2. The Kier molecular flexibility index (Phi) is 5.77. The Morgan fingerprint density at radius 2 is 1.69 bits per heavy atom. The number of amides is 3. The minimum atomic E-state index is -0.435. The normalized spacial score (nSPS) is 13.8. The molecule has 1 aliphatic heterocycles. The molecule has 5 rings (SSSR count). The van der Waals surface area contributed by atoms with Crippen molar-refractivity contribution in [3.05, 3.63) is 72.3 Å². The molecular weight excluding hydrogens is 446 g/mol. The predicted octanol–water partition coefficient (Wildman–Crippen LogP) is 2.29. The van der Waals surface area contributed by atoms with Crippen molar-refractivity contribution in [3.63, 3.8) is 0 Å². The van der Waals surface area contributed by atoms with E-state index in [0.717, 1.165) is 11.3 Å². The highest BCUT2D eigenvalue weighted by Crippen LogP contribution is 2.21. The lowest BCUT2D eigenvalue weighted by molar-refractivity contribution is -0.130. The number of benzene rings is 1. The van der Waals surface area contributed by atoms with Crippen LogP contribution < -0.4 is 5.32 Å². The van der Waals surface area contributed by atoms with Gasteiger partial charge in [-0.2, -0.15) is 5.10 Å². The average Bonchev–Trinajstić information content (AvgIpc) is 3.47. The summed E-state index contributed by atoms with van der Waals surface area (Å²) in [7, 11) is 1.63. The molecular formula is C25H25N7O3. The second-order valence-electron chi connectivity index (χ2n) is 8.46. The van der Waals surface area contributed by atoms with E-state index in [1.54, 1.807) is 29.0 Å². The number of piperazine rings is 1. The number of pyridine rings is 1. The zero-order valence-corrected chi connectivity index (χ0v) is 19.5. The van der Waals surface area contributed by atoms with Crippen LogP contribution >= 0.6 is 0 Å². The lowest BCUT2D eigenvalue weighted by Gasteiger charge is -2.34. The molecule has 10 heteroatoms. The Hall–Kier alpha value is -4.47. The summed E-state index contributed by atoms with van der Waals surface area (Å²) in [5, 5.41) is 7.02. The fourth-order valence-corrected chi connectivity index (χ4v) is 4.26. The van der Waals surface area contributed by atoms with Gasteiger partial charge in [0.15, 0.2) is 0 Å². The standard InChI is InChI=1S/C25H25N7O3/c1-17(33)30-10-12-31(13-11-30)25(35)20-15-26-29(2)23(20)24(34)27-19-8-9-32-16-21(28-22(32)14-19)18-6-4-3-5-7-18/h3-9,14-16H,10-13H2,1-2H3,(H,27,34). The van der Waals surface area contributed by atoms with Crippen LogP contribution in [0.25, 0.3) is 16.9 Å². The van der Waals surface area contributed by atoms with Gasteiger partial charge in [0.05, 0.1) is 17.5 Å². The van der Waals surface area contributed by atoms with Crippen molar-refractivity contribution in [2.24, 2.45) is 7.05 Å². The molecule has 1 N–H and O–H groups in total. The number of aryl methyl sites for hydroxylation is 1. The number of nitrogens with one attached hydrogen (secondary N) is 1. The molecule has 0 radical (unpaired) electrons. The number of imidazole rings is 1. The molecule has 0 unspecified atom stereocenters. The molecule has 4 heterocycles. The van der Waals surface area contributed by atoms with Gasteiger partial charge in [-0.25, -0.2) is 4.98 Å². The molecule has 4 aromatic rings. The van der Waals surface area contributed by atoms with Gasteiger partial charge in [-0.05, 0) is 6.07 Å². The van der Waals surface area contributed by atoms with Gasteiger partial charge in [-0.1, -0.05) is 30.3 Å². The molecule has 1 saturated heterocycles. The minimum Gasteiger partial charge on any atom is -0.339 e. The highest BCUT2D eigenvalue weighted by Gasteiger charge is 2.29. The summed E-state index contributed by atoms with van der Waals surface area (Å²) >= 11 is 0.